The summed E-state index contributed by atoms with van der Waals surface area (Å²) in [6.07, 6.45) is 3.41. The number of aromatic nitrogens is 1. The van der Waals surface area contributed by atoms with E-state index in [9.17, 15) is 19.8 Å². The van der Waals surface area contributed by atoms with Crippen LogP contribution in [0.3, 0.4) is 0 Å². The molecule has 3 atom stereocenters. The largest absolute Gasteiger partial charge is 0.543 e. The van der Waals surface area contributed by atoms with Crippen LogP contribution in [0.4, 0.5) is 5.69 Å². The van der Waals surface area contributed by atoms with Crippen LogP contribution in [-0.2, 0) is 16.1 Å². The van der Waals surface area contributed by atoms with Gasteiger partial charge in [-0.25, -0.2) is 0 Å². The number of aliphatic hydroxyl groups is 1. The number of anilines is 1. The van der Waals surface area contributed by atoms with Gasteiger partial charge < -0.3 is 25.6 Å². The Hall–Kier alpha value is -3.71. The fourth-order valence-electron chi connectivity index (χ4n) is 4.95. The first-order chi connectivity index (χ1) is 15.3. The number of pyridine rings is 1. The molecule has 0 unspecified atom stereocenters. The third-order valence-corrected chi connectivity index (χ3v) is 6.42. The van der Waals surface area contributed by atoms with Gasteiger partial charge in [0.2, 0.25) is 5.91 Å². The molecule has 0 aliphatic carbocycles. The average molecular weight is 429 g/mol. The molecule has 1 aromatic heterocycles. The number of benzene rings is 2. The lowest BCUT2D eigenvalue weighted by Gasteiger charge is -2.45. The van der Waals surface area contributed by atoms with Crippen molar-refractivity contribution in [2.24, 2.45) is 5.92 Å². The average Bonchev–Trinajstić information content (AvgIpc) is 3.08. The van der Waals surface area contributed by atoms with Crippen LogP contribution >= 0.6 is 0 Å². The number of nitrogen functional groups attached to an aromatic ring is 1. The topological polar surface area (TPSA) is 111 Å². The summed E-state index contributed by atoms with van der Waals surface area (Å²) in [6.45, 7) is 2.24. The van der Waals surface area contributed by atoms with E-state index in [-0.39, 0.29) is 17.6 Å². The van der Waals surface area contributed by atoms with Crippen LogP contribution in [0.2, 0.25) is 0 Å². The van der Waals surface area contributed by atoms with Crippen LogP contribution in [0.15, 0.2) is 66.6 Å². The summed E-state index contributed by atoms with van der Waals surface area (Å²) in [4.78, 5) is 25.6. The Balaban J connectivity index is 1.47. The van der Waals surface area contributed by atoms with E-state index < -0.39 is 18.0 Å². The van der Waals surface area contributed by atoms with Gasteiger partial charge in [0, 0.05) is 11.6 Å². The highest BCUT2D eigenvalue weighted by molar-refractivity contribution is 6.06. The molecule has 2 aliphatic heterocycles. The van der Waals surface area contributed by atoms with Gasteiger partial charge in [0.1, 0.15) is 0 Å². The van der Waals surface area contributed by atoms with Crippen molar-refractivity contribution in [1.82, 2.24) is 4.90 Å². The first-order valence-electron chi connectivity index (χ1n) is 10.6. The van der Waals surface area contributed by atoms with Crippen molar-refractivity contribution in [2.75, 3.05) is 5.73 Å². The van der Waals surface area contributed by atoms with Gasteiger partial charge in [0.25, 0.3) is 0 Å². The lowest BCUT2D eigenvalue weighted by molar-refractivity contribution is -0.687. The molecule has 0 bridgehead atoms. The number of carbonyl (C=O) groups is 2. The van der Waals surface area contributed by atoms with E-state index >= 15 is 0 Å². The van der Waals surface area contributed by atoms with Crippen molar-refractivity contribution in [3.8, 4) is 0 Å². The molecule has 162 valence electrons. The summed E-state index contributed by atoms with van der Waals surface area (Å²) in [7, 11) is 0. The number of carboxylic acid groups (broad SMARTS) is 1. The predicted molar refractivity (Wildman–Crippen MR) is 116 cm³/mol. The first kappa shape index (κ1) is 20.2. The number of aliphatic hydroxyl groups excluding tert-OH is 1. The quantitative estimate of drug-likeness (QED) is 0.461. The van der Waals surface area contributed by atoms with Crippen molar-refractivity contribution in [3.05, 3.63) is 77.7 Å². The number of nitrogens with zero attached hydrogens (tertiary/aromatic N) is 2. The molecule has 2 aromatic carbocycles. The Bertz CT molecular complexity index is 1300. The molecule has 7 nitrogen and oxygen atoms in total. The summed E-state index contributed by atoms with van der Waals surface area (Å²) >= 11 is 0. The number of hydrogen-bond donors (Lipinski definition) is 2. The van der Waals surface area contributed by atoms with Gasteiger partial charge in [0.15, 0.2) is 18.9 Å². The second-order valence-electron chi connectivity index (χ2n) is 8.57. The molecule has 0 radical (unpaired) electrons. The lowest BCUT2D eigenvalue weighted by Crippen LogP contribution is -2.62. The zero-order valence-electron chi connectivity index (χ0n) is 17.6. The van der Waals surface area contributed by atoms with Crippen molar-refractivity contribution >= 4 is 33.9 Å². The molecular weight excluding hydrogens is 406 g/mol. The van der Waals surface area contributed by atoms with Gasteiger partial charge in [0.05, 0.1) is 35.4 Å². The predicted octanol–water partition coefficient (Wildman–Crippen LogP) is 0.830. The molecule has 1 fully saturated rings. The summed E-state index contributed by atoms with van der Waals surface area (Å²) in [6, 6.07) is 15.3. The van der Waals surface area contributed by atoms with E-state index in [0.29, 0.717) is 24.2 Å². The Morgan fingerprint density at radius 1 is 1.25 bits per heavy atom. The van der Waals surface area contributed by atoms with Crippen molar-refractivity contribution in [2.45, 2.75) is 32.0 Å². The normalized spacial score (nSPS) is 20.9. The first-order valence-corrected chi connectivity index (χ1v) is 10.6. The molecule has 3 N–H and O–H groups in total. The van der Waals surface area contributed by atoms with Crippen molar-refractivity contribution in [1.29, 1.82) is 0 Å². The number of hydrogen-bond acceptors (Lipinski definition) is 5. The van der Waals surface area contributed by atoms with Gasteiger partial charge in [-0.05, 0) is 53.5 Å². The molecule has 0 spiro atoms. The minimum absolute atomic E-state index is 0.0778. The zero-order valence-corrected chi connectivity index (χ0v) is 17.6. The maximum absolute atomic E-state index is 12.4. The molecule has 1 amide bonds. The highest BCUT2D eigenvalue weighted by Gasteiger charge is 2.55. The number of carbonyl (C=O) groups excluding carboxylic acids is 2. The second kappa shape index (κ2) is 7.46. The van der Waals surface area contributed by atoms with Crippen LogP contribution in [0.1, 0.15) is 24.5 Å². The summed E-state index contributed by atoms with van der Waals surface area (Å²) in [5, 5.41) is 23.8. The van der Waals surface area contributed by atoms with Crippen molar-refractivity contribution < 1.29 is 24.4 Å². The molecule has 5 rings (SSSR count). The van der Waals surface area contributed by atoms with E-state index in [1.807, 2.05) is 59.4 Å². The molecule has 32 heavy (non-hydrogen) atoms. The lowest BCUT2D eigenvalue weighted by atomic mass is 9.82. The number of β-lactam (4-membered cyclic amide) rings is 1. The number of aliphatic carboxylic acids is 1. The number of fused-ring (bicyclic) bond motifs is 2. The van der Waals surface area contributed by atoms with E-state index in [2.05, 4.69) is 6.07 Å². The summed E-state index contributed by atoms with van der Waals surface area (Å²) in [5.41, 5.74) is 8.93. The Morgan fingerprint density at radius 2 is 2.00 bits per heavy atom. The summed E-state index contributed by atoms with van der Waals surface area (Å²) < 4.78 is 2.01. The molecular formula is C25H23N3O4. The summed E-state index contributed by atoms with van der Waals surface area (Å²) in [5.74, 6) is -2.30. The molecule has 3 heterocycles. The molecule has 2 aliphatic rings. The number of nitrogens with two attached hydrogens (primary N) is 1. The Kier molecular flexibility index (Phi) is 4.71. The number of carboxylic acids is 1. The minimum Gasteiger partial charge on any atom is -0.543 e. The third-order valence-electron chi connectivity index (χ3n) is 6.42. The highest BCUT2D eigenvalue weighted by Crippen LogP contribution is 2.46. The van der Waals surface area contributed by atoms with E-state index in [1.54, 1.807) is 6.92 Å². The van der Waals surface area contributed by atoms with Gasteiger partial charge >= 0.3 is 0 Å². The van der Waals surface area contributed by atoms with Crippen LogP contribution in [-0.4, -0.2) is 34.0 Å². The molecule has 7 heteroatoms. The monoisotopic (exact) mass is 429 g/mol. The van der Waals surface area contributed by atoms with E-state index in [4.69, 9.17) is 5.73 Å². The molecule has 3 aromatic rings. The van der Waals surface area contributed by atoms with Gasteiger partial charge in [-0.3, -0.25) is 4.79 Å². The van der Waals surface area contributed by atoms with Crippen LogP contribution < -0.4 is 15.4 Å². The van der Waals surface area contributed by atoms with Crippen LogP contribution in [0.25, 0.3) is 16.3 Å². The fraction of sp³-hybridized carbons (Fsp3) is 0.240. The fourth-order valence-corrected chi connectivity index (χ4v) is 4.95. The van der Waals surface area contributed by atoms with Crippen molar-refractivity contribution in [3.63, 3.8) is 0 Å². The molecule has 1 saturated heterocycles. The second-order valence-corrected chi connectivity index (χ2v) is 8.57. The standard InChI is InChI=1S/C25H23N3O4/c1-14(29)22-21-11-20(23(25(31)32)28(21)24(22)30)18-7-6-16-9-15(4-5-17(16)10-18)12-27-8-2-3-19(26)13-27/h2-10,13-14,21-22,29H,11-12,26H2,1H3/t14-,21-,22-/m1/s1. The van der Waals surface area contributed by atoms with E-state index in [0.717, 1.165) is 21.9 Å². The third kappa shape index (κ3) is 3.22. The number of amides is 1. The van der Waals surface area contributed by atoms with Gasteiger partial charge in [-0.15, -0.1) is 0 Å². The van der Waals surface area contributed by atoms with Gasteiger partial charge in [-0.1, -0.05) is 24.3 Å². The highest BCUT2D eigenvalue weighted by atomic mass is 16.4. The van der Waals surface area contributed by atoms with Crippen LogP contribution in [0, 0.1) is 5.92 Å². The maximum atomic E-state index is 12.4. The Morgan fingerprint density at radius 3 is 2.72 bits per heavy atom. The zero-order chi connectivity index (χ0) is 22.6. The minimum atomic E-state index is -1.37. The van der Waals surface area contributed by atoms with E-state index in [1.165, 1.54) is 4.90 Å². The van der Waals surface area contributed by atoms with Gasteiger partial charge in [-0.2, -0.15) is 4.57 Å². The maximum Gasteiger partial charge on any atom is 0.235 e. The molecule has 0 saturated carbocycles. The Labute approximate surface area is 185 Å². The van der Waals surface area contributed by atoms with Crippen LogP contribution in [0.5, 0.6) is 0 Å². The number of rotatable bonds is 5. The SMILES string of the molecule is C[C@@H](O)[C@H]1C(=O)N2C(C(=O)[O-])=C(c3ccc4cc(C[n+]5cccc(N)c5)ccc4c3)C[C@H]12. The smallest absolute Gasteiger partial charge is 0.235 e.